The number of esters is 1. The minimum atomic E-state index is -0.838. The molecule has 46 heavy (non-hydrogen) atoms. The Bertz CT molecular complexity index is 1930. The van der Waals surface area contributed by atoms with Crippen LogP contribution in [0, 0.1) is 22.0 Å². The molecular weight excluding hydrogens is 769 g/mol. The van der Waals surface area contributed by atoms with Crippen LogP contribution in [-0.4, -0.2) is 49.7 Å². The van der Waals surface area contributed by atoms with Gasteiger partial charge in [0.05, 0.1) is 44.2 Å². The Morgan fingerprint density at radius 1 is 0.935 bits per heavy atom. The van der Waals surface area contributed by atoms with Crippen LogP contribution in [0.2, 0.25) is 10.0 Å². The van der Waals surface area contributed by atoms with Crippen molar-refractivity contribution in [2.45, 2.75) is 22.5 Å². The first kappa shape index (κ1) is 32.2. The Labute approximate surface area is 288 Å². The monoisotopic (exact) mass is 787 g/mol. The van der Waals surface area contributed by atoms with Crippen LogP contribution in [0.15, 0.2) is 66.7 Å². The van der Waals surface area contributed by atoms with Crippen LogP contribution in [0.1, 0.15) is 33.6 Å². The van der Waals surface area contributed by atoms with Crippen LogP contribution in [0.25, 0.3) is 22.2 Å². The number of benzene rings is 3. The molecule has 234 valence electrons. The van der Waals surface area contributed by atoms with E-state index in [0.717, 1.165) is 6.07 Å². The minimum Gasteiger partial charge on any atom is -0.454 e. The predicted octanol–water partition coefficient (Wildman–Crippen LogP) is 7.58. The van der Waals surface area contributed by atoms with E-state index in [0.29, 0.717) is 40.7 Å². The maximum absolute atomic E-state index is 13.3. The molecule has 1 aromatic heterocycles. The van der Waals surface area contributed by atoms with Crippen molar-refractivity contribution in [1.82, 2.24) is 4.98 Å². The molecule has 1 aliphatic heterocycles. The van der Waals surface area contributed by atoms with Gasteiger partial charge < -0.3 is 4.74 Å². The molecule has 4 atom stereocenters. The van der Waals surface area contributed by atoms with E-state index < -0.39 is 29.0 Å². The fourth-order valence-electron chi connectivity index (χ4n) is 5.78. The third kappa shape index (κ3) is 5.94. The zero-order valence-electron chi connectivity index (χ0n) is 23.5. The number of para-hydroxylation sites is 1. The number of amides is 2. The average molecular weight is 790 g/mol. The molecule has 0 bridgehead atoms. The van der Waals surface area contributed by atoms with Crippen LogP contribution in [0.4, 0.5) is 11.4 Å². The molecule has 2 amide bonds. The normalized spacial score (nSPS) is 20.9. The number of rotatable bonds is 7. The van der Waals surface area contributed by atoms with Crippen molar-refractivity contribution in [3.63, 3.8) is 0 Å². The molecule has 3 aromatic carbocycles. The molecule has 0 spiro atoms. The van der Waals surface area contributed by atoms with E-state index in [2.05, 4.69) is 36.8 Å². The molecular formula is C32H21Br2Cl2N3O7. The van der Waals surface area contributed by atoms with Gasteiger partial charge in [-0.2, -0.15) is 0 Å². The van der Waals surface area contributed by atoms with Gasteiger partial charge in [0.1, 0.15) is 5.02 Å². The Hall–Kier alpha value is -3.71. The predicted molar refractivity (Wildman–Crippen MR) is 179 cm³/mol. The fraction of sp³-hybridized carbons (Fsp3) is 0.219. The first-order valence-corrected chi connectivity index (χ1v) is 16.5. The number of imide groups is 1. The number of fused-ring (bicyclic) bond motifs is 2. The summed E-state index contributed by atoms with van der Waals surface area (Å²) in [4.78, 5) is 69.2. The van der Waals surface area contributed by atoms with E-state index in [1.807, 2.05) is 0 Å². The van der Waals surface area contributed by atoms with E-state index in [1.165, 1.54) is 23.1 Å². The highest BCUT2D eigenvalue weighted by Gasteiger charge is 2.52. The number of aromatic nitrogens is 1. The summed E-state index contributed by atoms with van der Waals surface area (Å²) in [5.41, 5.74) is 1.29. The summed E-state index contributed by atoms with van der Waals surface area (Å²) >= 11 is 19.5. The van der Waals surface area contributed by atoms with Crippen molar-refractivity contribution in [2.24, 2.45) is 11.8 Å². The van der Waals surface area contributed by atoms with Crippen LogP contribution < -0.4 is 4.90 Å². The maximum atomic E-state index is 13.3. The van der Waals surface area contributed by atoms with Crippen molar-refractivity contribution in [3.05, 3.63) is 98.0 Å². The molecule has 10 nitrogen and oxygen atoms in total. The number of halogens is 4. The van der Waals surface area contributed by atoms with Crippen molar-refractivity contribution >= 4 is 101 Å². The Kier molecular flexibility index (Phi) is 8.99. The highest BCUT2D eigenvalue weighted by molar-refractivity contribution is 9.12. The van der Waals surface area contributed by atoms with Crippen LogP contribution in [0.3, 0.4) is 0 Å². The van der Waals surface area contributed by atoms with Crippen molar-refractivity contribution in [1.29, 1.82) is 0 Å². The first-order chi connectivity index (χ1) is 21.9. The number of carbonyl (C=O) groups excluding carboxylic acids is 4. The number of anilines is 1. The lowest BCUT2D eigenvalue weighted by molar-refractivity contribution is -0.384. The van der Waals surface area contributed by atoms with Gasteiger partial charge in [0.15, 0.2) is 6.61 Å². The minimum absolute atomic E-state index is 0.0412. The van der Waals surface area contributed by atoms with Gasteiger partial charge in [-0.15, -0.1) is 0 Å². The molecule has 1 aliphatic carbocycles. The molecule has 1 saturated carbocycles. The summed E-state index contributed by atoms with van der Waals surface area (Å²) in [7, 11) is 0. The molecule has 4 unspecified atom stereocenters. The molecule has 14 heteroatoms. The maximum Gasteiger partial charge on any atom is 0.339 e. The smallest absolute Gasteiger partial charge is 0.339 e. The molecule has 0 radical (unpaired) electrons. The number of ether oxygens (including phenoxy) is 1. The number of nitrogens with zero attached hydrogens (tertiary/aromatic N) is 3. The van der Waals surface area contributed by atoms with Crippen LogP contribution in [-0.2, 0) is 14.3 Å². The second-order valence-corrected chi connectivity index (χ2v) is 14.1. The number of alkyl halides is 2. The SMILES string of the molecule is O=C(COC(=O)c1cc(-c2ccc(N3C(=O)C4CC(Br)C(Br)CC4C3=O)cc2)nc2c(Cl)cccc12)c1ccc(Cl)c([N+](=O)[O-])c1. The number of nitro groups is 1. The highest BCUT2D eigenvalue weighted by Crippen LogP contribution is 2.44. The lowest BCUT2D eigenvalue weighted by atomic mass is 9.81. The van der Waals surface area contributed by atoms with E-state index >= 15 is 0 Å². The third-order valence-corrected chi connectivity index (χ3v) is 11.5. The summed E-state index contributed by atoms with van der Waals surface area (Å²) in [5, 5.41) is 11.7. The van der Waals surface area contributed by atoms with Gasteiger partial charge in [-0.25, -0.2) is 9.78 Å². The first-order valence-electron chi connectivity index (χ1n) is 13.9. The van der Waals surface area contributed by atoms with Crippen molar-refractivity contribution in [3.8, 4) is 11.3 Å². The van der Waals surface area contributed by atoms with E-state index in [9.17, 15) is 29.3 Å². The number of carbonyl (C=O) groups is 4. The van der Waals surface area contributed by atoms with Gasteiger partial charge >= 0.3 is 5.97 Å². The quantitative estimate of drug-likeness (QED) is 0.0467. The largest absolute Gasteiger partial charge is 0.454 e. The number of ketones is 1. The van der Waals surface area contributed by atoms with Crippen molar-refractivity contribution < 1.29 is 28.8 Å². The van der Waals surface area contributed by atoms with Crippen LogP contribution in [0.5, 0.6) is 0 Å². The molecule has 2 aliphatic rings. The number of hydrogen-bond donors (Lipinski definition) is 0. The number of Topliss-reactive ketones (excluding diaryl/α,β-unsaturated/α-hetero) is 1. The van der Waals surface area contributed by atoms with Crippen molar-refractivity contribution in [2.75, 3.05) is 11.5 Å². The van der Waals surface area contributed by atoms with E-state index in [4.69, 9.17) is 27.9 Å². The van der Waals surface area contributed by atoms with Crippen LogP contribution >= 0.6 is 55.1 Å². The molecule has 4 aromatic rings. The Balaban J connectivity index is 1.27. The number of hydrogen-bond acceptors (Lipinski definition) is 8. The average Bonchev–Trinajstić information content (AvgIpc) is 3.27. The molecule has 2 heterocycles. The summed E-state index contributed by atoms with van der Waals surface area (Å²) in [6, 6.07) is 16.7. The molecule has 0 N–H and O–H groups in total. The van der Waals surface area contributed by atoms with Gasteiger partial charge in [0.25, 0.3) is 5.69 Å². The van der Waals surface area contributed by atoms with Gasteiger partial charge in [-0.1, -0.05) is 79.3 Å². The second kappa shape index (κ2) is 12.8. The fourth-order valence-corrected chi connectivity index (χ4v) is 7.42. The zero-order valence-corrected chi connectivity index (χ0v) is 28.2. The molecule has 6 rings (SSSR count). The number of nitro benzene ring substituents is 1. The summed E-state index contributed by atoms with van der Waals surface area (Å²) in [5.74, 6) is -2.72. The topological polar surface area (TPSA) is 137 Å². The van der Waals surface area contributed by atoms with Gasteiger partial charge in [-0.3, -0.25) is 29.4 Å². The second-order valence-electron chi connectivity index (χ2n) is 10.9. The summed E-state index contributed by atoms with van der Waals surface area (Å²) in [6.45, 7) is -0.683. The Morgan fingerprint density at radius 2 is 1.59 bits per heavy atom. The van der Waals surface area contributed by atoms with Gasteiger partial charge in [0, 0.05) is 32.2 Å². The lowest BCUT2D eigenvalue weighted by Crippen LogP contribution is -2.34. The lowest BCUT2D eigenvalue weighted by Gasteiger charge is -2.29. The summed E-state index contributed by atoms with van der Waals surface area (Å²) in [6.07, 6.45) is 1.12. The van der Waals surface area contributed by atoms with Gasteiger partial charge in [0.2, 0.25) is 17.6 Å². The highest BCUT2D eigenvalue weighted by atomic mass is 79.9. The molecule has 2 fully saturated rings. The zero-order chi connectivity index (χ0) is 32.9. The number of pyridine rings is 1. The standard InChI is InChI=1S/C32H21Br2Cl2N3O7/c33-22-11-19-20(12-23(22)34)31(42)38(30(19)41)17-7-4-15(5-8-17)26-13-21(18-2-1-3-25(36)29(18)37-26)32(43)46-14-28(40)16-6-9-24(35)27(10-16)39(44)45/h1-10,13,19-20,22-23H,11-12,14H2. The third-order valence-electron chi connectivity index (χ3n) is 8.14. The van der Waals surface area contributed by atoms with Gasteiger partial charge in [-0.05, 0) is 49.2 Å². The van der Waals surface area contributed by atoms with E-state index in [-0.39, 0.29) is 54.5 Å². The molecule has 1 saturated heterocycles. The Morgan fingerprint density at radius 3 is 2.22 bits per heavy atom. The van der Waals surface area contributed by atoms with E-state index in [1.54, 1.807) is 42.5 Å². The summed E-state index contributed by atoms with van der Waals surface area (Å²) < 4.78 is 5.33.